The molecule has 3 N–H and O–H groups in total. The minimum absolute atomic E-state index is 0.149. The van der Waals surface area contributed by atoms with E-state index in [0.29, 0.717) is 30.5 Å². The summed E-state index contributed by atoms with van der Waals surface area (Å²) in [5.41, 5.74) is 10.2. The zero-order chi connectivity index (χ0) is 19.4. The predicted molar refractivity (Wildman–Crippen MR) is 107 cm³/mol. The van der Waals surface area contributed by atoms with Gasteiger partial charge >= 0.3 is 5.97 Å². The maximum Gasteiger partial charge on any atom is 0.310 e. The van der Waals surface area contributed by atoms with Crippen molar-refractivity contribution in [2.45, 2.75) is 33.6 Å². The van der Waals surface area contributed by atoms with Crippen molar-refractivity contribution in [1.82, 2.24) is 9.97 Å². The molecule has 0 bridgehead atoms. The average molecular weight is 369 g/mol. The molecular formula is C20H27N5O2. The van der Waals surface area contributed by atoms with E-state index in [-0.39, 0.29) is 11.9 Å². The molecule has 7 heteroatoms. The Hall–Kier alpha value is -2.83. The molecule has 1 aromatic heterocycles. The van der Waals surface area contributed by atoms with Gasteiger partial charge in [0.1, 0.15) is 12.0 Å². The lowest BCUT2D eigenvalue weighted by molar-refractivity contribution is -0.148. The number of carbonyl (C=O) groups excluding carboxylic acids is 1. The number of ether oxygens (including phenoxy) is 1. The monoisotopic (exact) mass is 369 g/mol. The second kappa shape index (κ2) is 8.24. The summed E-state index contributed by atoms with van der Waals surface area (Å²) >= 11 is 0. The summed E-state index contributed by atoms with van der Waals surface area (Å²) in [4.78, 5) is 22.9. The Morgan fingerprint density at radius 2 is 2.19 bits per heavy atom. The van der Waals surface area contributed by atoms with E-state index in [4.69, 9.17) is 10.5 Å². The first kappa shape index (κ1) is 18.9. The summed E-state index contributed by atoms with van der Waals surface area (Å²) in [5.74, 6) is 0.936. The van der Waals surface area contributed by atoms with Crippen LogP contribution >= 0.6 is 0 Å². The van der Waals surface area contributed by atoms with Crippen LogP contribution < -0.4 is 16.0 Å². The van der Waals surface area contributed by atoms with Gasteiger partial charge in [0.05, 0.1) is 12.5 Å². The second-order valence-corrected chi connectivity index (χ2v) is 6.87. The predicted octanol–water partition coefficient (Wildman–Crippen LogP) is 3.20. The van der Waals surface area contributed by atoms with Gasteiger partial charge in [-0.1, -0.05) is 12.1 Å². The van der Waals surface area contributed by atoms with Crippen LogP contribution in [-0.4, -0.2) is 35.6 Å². The maximum atomic E-state index is 12.1. The summed E-state index contributed by atoms with van der Waals surface area (Å²) < 4.78 is 5.18. The Kier molecular flexibility index (Phi) is 5.78. The number of nitrogens with one attached hydrogen (secondary N) is 1. The molecule has 1 fully saturated rings. The summed E-state index contributed by atoms with van der Waals surface area (Å²) in [6, 6.07) is 6.07. The third-order valence-electron chi connectivity index (χ3n) is 5.06. The number of nitrogens with two attached hydrogens (primary N) is 1. The van der Waals surface area contributed by atoms with Crippen LogP contribution in [-0.2, 0) is 9.53 Å². The number of piperidine rings is 1. The second-order valence-electron chi connectivity index (χ2n) is 6.87. The molecule has 2 heterocycles. The quantitative estimate of drug-likeness (QED) is 0.782. The fourth-order valence-corrected chi connectivity index (χ4v) is 3.37. The highest BCUT2D eigenvalue weighted by molar-refractivity contribution is 5.80. The molecule has 27 heavy (non-hydrogen) atoms. The molecule has 1 aliphatic heterocycles. The third kappa shape index (κ3) is 4.13. The number of benzene rings is 1. The van der Waals surface area contributed by atoms with Crippen LogP contribution in [0.25, 0.3) is 0 Å². The van der Waals surface area contributed by atoms with Crippen LogP contribution in [0.5, 0.6) is 0 Å². The van der Waals surface area contributed by atoms with E-state index in [0.717, 1.165) is 30.6 Å². The number of aromatic nitrogens is 2. The lowest BCUT2D eigenvalue weighted by Gasteiger charge is -2.33. The SMILES string of the molecule is CCOC(=O)C1CCCN(c2ncnc(Nc3cccc(C)c3C)c2N)C1. The van der Waals surface area contributed by atoms with Crippen LogP contribution in [0.4, 0.5) is 23.0 Å². The lowest BCUT2D eigenvalue weighted by atomic mass is 9.98. The fourth-order valence-electron chi connectivity index (χ4n) is 3.37. The zero-order valence-electron chi connectivity index (χ0n) is 16.2. The van der Waals surface area contributed by atoms with E-state index in [2.05, 4.69) is 40.1 Å². The van der Waals surface area contributed by atoms with Gasteiger partial charge in [0, 0.05) is 18.8 Å². The van der Waals surface area contributed by atoms with E-state index in [9.17, 15) is 4.79 Å². The molecule has 0 spiro atoms. The van der Waals surface area contributed by atoms with E-state index in [1.54, 1.807) is 0 Å². The van der Waals surface area contributed by atoms with Gasteiger partial charge < -0.3 is 20.7 Å². The normalized spacial score (nSPS) is 16.9. The number of nitrogen functional groups attached to an aromatic ring is 1. The highest BCUT2D eigenvalue weighted by Gasteiger charge is 2.29. The average Bonchev–Trinajstić information content (AvgIpc) is 2.67. The molecule has 1 saturated heterocycles. The van der Waals surface area contributed by atoms with Gasteiger partial charge in [-0.15, -0.1) is 0 Å². The number of hydrogen-bond donors (Lipinski definition) is 2. The first-order valence-electron chi connectivity index (χ1n) is 9.36. The summed E-state index contributed by atoms with van der Waals surface area (Å²) in [7, 11) is 0. The van der Waals surface area contributed by atoms with Gasteiger partial charge in [0.25, 0.3) is 0 Å². The van der Waals surface area contributed by atoms with Gasteiger partial charge in [0.15, 0.2) is 11.6 Å². The first-order chi connectivity index (χ1) is 13.0. The van der Waals surface area contributed by atoms with E-state index in [1.807, 2.05) is 19.1 Å². The molecular weight excluding hydrogens is 342 g/mol. The van der Waals surface area contributed by atoms with E-state index in [1.165, 1.54) is 11.9 Å². The number of anilines is 4. The molecule has 1 aromatic carbocycles. The molecule has 0 aliphatic carbocycles. The number of nitrogens with zero attached hydrogens (tertiary/aromatic N) is 3. The lowest BCUT2D eigenvalue weighted by Crippen LogP contribution is -2.40. The number of aryl methyl sites for hydroxylation is 1. The minimum Gasteiger partial charge on any atom is -0.466 e. The molecule has 0 amide bonds. The van der Waals surface area contributed by atoms with E-state index >= 15 is 0 Å². The molecule has 1 atom stereocenters. The number of esters is 1. The molecule has 1 unspecified atom stereocenters. The topological polar surface area (TPSA) is 93.4 Å². The summed E-state index contributed by atoms with van der Waals surface area (Å²) in [6.45, 7) is 7.72. The summed E-state index contributed by atoms with van der Waals surface area (Å²) in [5, 5.41) is 3.32. The molecule has 144 valence electrons. The minimum atomic E-state index is -0.150. The zero-order valence-corrected chi connectivity index (χ0v) is 16.2. The van der Waals surface area contributed by atoms with Gasteiger partial charge in [0.2, 0.25) is 0 Å². The number of rotatable bonds is 5. The van der Waals surface area contributed by atoms with Gasteiger partial charge in [-0.2, -0.15) is 0 Å². The van der Waals surface area contributed by atoms with Gasteiger partial charge in [-0.05, 0) is 50.8 Å². The molecule has 2 aromatic rings. The summed E-state index contributed by atoms with van der Waals surface area (Å²) in [6.07, 6.45) is 3.23. The van der Waals surface area contributed by atoms with Crippen LogP contribution in [0.3, 0.4) is 0 Å². The highest BCUT2D eigenvalue weighted by atomic mass is 16.5. The first-order valence-corrected chi connectivity index (χ1v) is 9.36. The van der Waals surface area contributed by atoms with Crippen molar-refractivity contribution in [3.63, 3.8) is 0 Å². The van der Waals surface area contributed by atoms with Crippen molar-refractivity contribution < 1.29 is 9.53 Å². The van der Waals surface area contributed by atoms with Crippen molar-refractivity contribution in [2.24, 2.45) is 5.92 Å². The number of hydrogen-bond acceptors (Lipinski definition) is 7. The largest absolute Gasteiger partial charge is 0.466 e. The van der Waals surface area contributed by atoms with Crippen molar-refractivity contribution in [1.29, 1.82) is 0 Å². The molecule has 0 radical (unpaired) electrons. The van der Waals surface area contributed by atoms with Gasteiger partial charge in [-0.25, -0.2) is 9.97 Å². The highest BCUT2D eigenvalue weighted by Crippen LogP contribution is 2.32. The van der Waals surface area contributed by atoms with Crippen molar-refractivity contribution >= 4 is 29.0 Å². The molecule has 0 saturated carbocycles. The third-order valence-corrected chi connectivity index (χ3v) is 5.06. The fraction of sp³-hybridized carbons (Fsp3) is 0.450. The van der Waals surface area contributed by atoms with Crippen LogP contribution in [0, 0.1) is 19.8 Å². The van der Waals surface area contributed by atoms with Crippen LogP contribution in [0.2, 0.25) is 0 Å². The van der Waals surface area contributed by atoms with Crippen molar-refractivity contribution in [2.75, 3.05) is 35.6 Å². The standard InChI is InChI=1S/C20H27N5O2/c1-4-27-20(26)15-8-6-10-25(11-15)19-17(21)18(22-12-23-19)24-16-9-5-7-13(2)14(16)3/h5,7,9,12,15H,4,6,8,10-11,21H2,1-3H3,(H,22,23,24). The van der Waals surface area contributed by atoms with Crippen molar-refractivity contribution in [3.8, 4) is 0 Å². The Bertz CT molecular complexity index is 824. The maximum absolute atomic E-state index is 12.1. The van der Waals surface area contributed by atoms with Gasteiger partial charge in [-0.3, -0.25) is 4.79 Å². The smallest absolute Gasteiger partial charge is 0.310 e. The van der Waals surface area contributed by atoms with Crippen molar-refractivity contribution in [3.05, 3.63) is 35.7 Å². The van der Waals surface area contributed by atoms with Crippen LogP contribution in [0.15, 0.2) is 24.5 Å². The Labute approximate surface area is 159 Å². The molecule has 1 aliphatic rings. The van der Waals surface area contributed by atoms with Crippen LogP contribution in [0.1, 0.15) is 30.9 Å². The Balaban J connectivity index is 1.82. The Morgan fingerprint density at radius 1 is 1.37 bits per heavy atom. The Morgan fingerprint density at radius 3 is 2.96 bits per heavy atom. The van der Waals surface area contributed by atoms with E-state index < -0.39 is 0 Å². The molecule has 7 nitrogen and oxygen atoms in total. The number of carbonyl (C=O) groups is 1. The molecule has 3 rings (SSSR count).